The van der Waals surface area contributed by atoms with Crippen LogP contribution in [0.5, 0.6) is 5.75 Å². The second-order valence-corrected chi connectivity index (χ2v) is 7.80. The van der Waals surface area contributed by atoms with Gasteiger partial charge in [-0.15, -0.1) is 0 Å². The van der Waals surface area contributed by atoms with Crippen molar-refractivity contribution in [2.45, 2.75) is 45.6 Å². The summed E-state index contributed by atoms with van der Waals surface area (Å²) in [6.45, 7) is 7.50. The van der Waals surface area contributed by atoms with Gasteiger partial charge in [0.05, 0.1) is 17.9 Å². The van der Waals surface area contributed by atoms with Gasteiger partial charge in [0, 0.05) is 13.0 Å². The van der Waals surface area contributed by atoms with Gasteiger partial charge in [-0.25, -0.2) is 0 Å². The highest BCUT2D eigenvalue weighted by Gasteiger charge is 2.22. The van der Waals surface area contributed by atoms with E-state index in [0.717, 1.165) is 11.3 Å². The number of carbonyl (C=O) groups is 2. The summed E-state index contributed by atoms with van der Waals surface area (Å²) in [6, 6.07) is 13.6. The maximum atomic E-state index is 12.2. The van der Waals surface area contributed by atoms with Gasteiger partial charge in [0.15, 0.2) is 0 Å². The SMILES string of the molecule is CC(C)(C)c1ccc(OCCCC(=O)Nc2cccc3c2C(=O)NC3)cc1. The van der Waals surface area contributed by atoms with Gasteiger partial charge in [-0.1, -0.05) is 45.0 Å². The van der Waals surface area contributed by atoms with E-state index in [4.69, 9.17) is 4.74 Å². The Morgan fingerprint density at radius 1 is 1.15 bits per heavy atom. The van der Waals surface area contributed by atoms with Crippen LogP contribution in [0.25, 0.3) is 0 Å². The topological polar surface area (TPSA) is 67.4 Å². The minimum atomic E-state index is -0.136. The molecule has 0 fully saturated rings. The molecule has 0 radical (unpaired) electrons. The van der Waals surface area contributed by atoms with E-state index in [1.54, 1.807) is 6.07 Å². The Bertz CT molecular complexity index is 836. The quantitative estimate of drug-likeness (QED) is 0.759. The van der Waals surface area contributed by atoms with Crippen LogP contribution >= 0.6 is 0 Å². The van der Waals surface area contributed by atoms with Crippen LogP contribution in [-0.2, 0) is 16.8 Å². The fraction of sp³-hybridized carbons (Fsp3) is 0.364. The van der Waals surface area contributed by atoms with E-state index in [2.05, 4.69) is 43.5 Å². The Balaban J connectivity index is 1.46. The van der Waals surface area contributed by atoms with Crippen LogP contribution in [0.2, 0.25) is 0 Å². The fourth-order valence-corrected chi connectivity index (χ4v) is 3.07. The van der Waals surface area contributed by atoms with Gasteiger partial charge in [-0.3, -0.25) is 9.59 Å². The van der Waals surface area contributed by atoms with E-state index in [1.165, 1.54) is 5.56 Å². The van der Waals surface area contributed by atoms with Gasteiger partial charge in [0.2, 0.25) is 5.91 Å². The van der Waals surface area contributed by atoms with E-state index in [9.17, 15) is 9.59 Å². The summed E-state index contributed by atoms with van der Waals surface area (Å²) < 4.78 is 5.72. The number of anilines is 1. The minimum absolute atomic E-state index is 0.116. The van der Waals surface area contributed by atoms with Crippen LogP contribution in [0.1, 0.15) is 55.1 Å². The molecule has 0 atom stereocenters. The summed E-state index contributed by atoms with van der Waals surface area (Å²) >= 11 is 0. The number of nitrogens with one attached hydrogen (secondary N) is 2. The van der Waals surface area contributed by atoms with Gasteiger partial charge < -0.3 is 15.4 Å². The van der Waals surface area contributed by atoms with Gasteiger partial charge in [-0.2, -0.15) is 0 Å². The number of amides is 2. The number of fused-ring (bicyclic) bond motifs is 1. The highest BCUT2D eigenvalue weighted by molar-refractivity contribution is 6.06. The molecule has 5 heteroatoms. The Labute approximate surface area is 160 Å². The molecular weight excluding hydrogens is 340 g/mol. The molecule has 1 heterocycles. The number of benzene rings is 2. The second-order valence-electron chi connectivity index (χ2n) is 7.80. The summed E-state index contributed by atoms with van der Waals surface area (Å²) in [7, 11) is 0. The van der Waals surface area contributed by atoms with Crippen molar-refractivity contribution < 1.29 is 14.3 Å². The molecule has 2 aromatic carbocycles. The Hall–Kier alpha value is -2.82. The number of hydrogen-bond acceptors (Lipinski definition) is 3. The monoisotopic (exact) mass is 366 g/mol. The second kappa shape index (κ2) is 7.82. The lowest BCUT2D eigenvalue weighted by molar-refractivity contribution is -0.116. The van der Waals surface area contributed by atoms with Gasteiger partial charge in [-0.05, 0) is 41.2 Å². The van der Waals surface area contributed by atoms with Crippen LogP contribution < -0.4 is 15.4 Å². The van der Waals surface area contributed by atoms with Crippen LogP contribution in [-0.4, -0.2) is 18.4 Å². The average Bonchev–Trinajstić information content (AvgIpc) is 3.01. The van der Waals surface area contributed by atoms with Crippen LogP contribution in [0.15, 0.2) is 42.5 Å². The molecule has 3 rings (SSSR count). The van der Waals surface area contributed by atoms with E-state index in [1.807, 2.05) is 24.3 Å². The number of hydrogen-bond donors (Lipinski definition) is 2. The Kier molecular flexibility index (Phi) is 5.49. The lowest BCUT2D eigenvalue weighted by Crippen LogP contribution is -2.17. The molecule has 0 aliphatic carbocycles. The zero-order chi connectivity index (χ0) is 19.4. The molecule has 27 heavy (non-hydrogen) atoms. The van der Waals surface area contributed by atoms with Crippen molar-refractivity contribution in [3.8, 4) is 5.75 Å². The first kappa shape index (κ1) is 19.0. The van der Waals surface area contributed by atoms with E-state index in [-0.39, 0.29) is 17.2 Å². The first-order chi connectivity index (χ1) is 12.8. The molecule has 1 aliphatic rings. The Morgan fingerprint density at radius 2 is 1.89 bits per heavy atom. The van der Waals surface area contributed by atoms with Crippen molar-refractivity contribution in [1.29, 1.82) is 0 Å². The van der Waals surface area contributed by atoms with Crippen molar-refractivity contribution in [3.63, 3.8) is 0 Å². The summed E-state index contributed by atoms with van der Waals surface area (Å²) in [5.41, 5.74) is 3.44. The first-order valence-electron chi connectivity index (χ1n) is 9.28. The zero-order valence-corrected chi connectivity index (χ0v) is 16.1. The molecule has 0 spiro atoms. The maximum absolute atomic E-state index is 12.2. The number of carbonyl (C=O) groups excluding carboxylic acids is 2. The molecule has 1 aliphatic heterocycles. The molecule has 2 amide bonds. The van der Waals surface area contributed by atoms with Gasteiger partial charge in [0.1, 0.15) is 5.75 Å². The van der Waals surface area contributed by atoms with Crippen molar-refractivity contribution in [2.24, 2.45) is 0 Å². The number of rotatable bonds is 6. The van der Waals surface area contributed by atoms with Crippen molar-refractivity contribution in [2.75, 3.05) is 11.9 Å². The molecule has 142 valence electrons. The van der Waals surface area contributed by atoms with Crippen LogP contribution in [0, 0.1) is 0 Å². The highest BCUT2D eigenvalue weighted by atomic mass is 16.5. The largest absolute Gasteiger partial charge is 0.494 e. The first-order valence-corrected chi connectivity index (χ1v) is 9.28. The molecule has 0 unspecified atom stereocenters. The molecule has 2 N–H and O–H groups in total. The highest BCUT2D eigenvalue weighted by Crippen LogP contribution is 2.25. The third-order valence-electron chi connectivity index (χ3n) is 4.63. The van der Waals surface area contributed by atoms with Crippen LogP contribution in [0.4, 0.5) is 5.69 Å². The normalized spacial score (nSPS) is 13.1. The average molecular weight is 366 g/mol. The standard InChI is InChI=1S/C22H26N2O3/c1-22(2,3)16-9-11-17(12-10-16)27-13-5-8-19(25)24-18-7-4-6-15-14-23-21(26)20(15)18/h4,6-7,9-12H,5,8,13-14H2,1-3H3,(H,23,26)(H,24,25). The van der Waals surface area contributed by atoms with Crippen molar-refractivity contribution >= 4 is 17.5 Å². The molecule has 0 saturated carbocycles. The zero-order valence-electron chi connectivity index (χ0n) is 16.1. The van der Waals surface area contributed by atoms with Gasteiger partial charge in [0.25, 0.3) is 5.91 Å². The predicted molar refractivity (Wildman–Crippen MR) is 106 cm³/mol. The van der Waals surface area contributed by atoms with E-state index >= 15 is 0 Å². The molecule has 0 bridgehead atoms. The smallest absolute Gasteiger partial charge is 0.254 e. The summed E-state index contributed by atoms with van der Waals surface area (Å²) in [6.07, 6.45) is 0.944. The third kappa shape index (κ3) is 4.67. The van der Waals surface area contributed by atoms with E-state index < -0.39 is 0 Å². The van der Waals surface area contributed by atoms with Crippen molar-refractivity contribution in [3.05, 3.63) is 59.2 Å². The molecule has 5 nitrogen and oxygen atoms in total. The molecule has 0 saturated heterocycles. The lowest BCUT2D eigenvalue weighted by atomic mass is 9.87. The lowest BCUT2D eigenvalue weighted by Gasteiger charge is -2.19. The minimum Gasteiger partial charge on any atom is -0.494 e. The molecule has 0 aromatic heterocycles. The summed E-state index contributed by atoms with van der Waals surface area (Å²) in [4.78, 5) is 24.1. The summed E-state index contributed by atoms with van der Waals surface area (Å²) in [5.74, 6) is 0.554. The van der Waals surface area contributed by atoms with Crippen molar-refractivity contribution in [1.82, 2.24) is 5.32 Å². The van der Waals surface area contributed by atoms with Crippen LogP contribution in [0.3, 0.4) is 0 Å². The summed E-state index contributed by atoms with van der Waals surface area (Å²) in [5, 5.41) is 5.61. The fourth-order valence-electron chi connectivity index (χ4n) is 3.07. The Morgan fingerprint density at radius 3 is 2.59 bits per heavy atom. The predicted octanol–water partition coefficient (Wildman–Crippen LogP) is 4.03. The number of ether oxygens (including phenoxy) is 1. The molecule has 2 aromatic rings. The molecular formula is C22H26N2O3. The van der Waals surface area contributed by atoms with Gasteiger partial charge >= 0.3 is 0 Å². The maximum Gasteiger partial charge on any atom is 0.254 e. The van der Waals surface area contributed by atoms with E-state index in [0.29, 0.717) is 37.2 Å². The third-order valence-corrected chi connectivity index (χ3v) is 4.63.